The molecule has 3 atom stereocenters. The minimum Gasteiger partial charge on any atom is -0.491 e. The molecule has 1 unspecified atom stereocenters. The first kappa shape index (κ1) is 24.8. The minimum absolute atomic E-state index is 0.0755. The van der Waals surface area contributed by atoms with Gasteiger partial charge in [0, 0.05) is 24.9 Å². The Morgan fingerprint density at radius 2 is 1.94 bits per heavy atom. The molecule has 188 valence electrons. The van der Waals surface area contributed by atoms with E-state index >= 15 is 0 Å². The molecule has 11 heteroatoms. The molecule has 2 aromatic rings. The number of halogens is 3. The number of benzene rings is 1. The molecule has 0 saturated carbocycles. The van der Waals surface area contributed by atoms with Gasteiger partial charge in [-0.2, -0.15) is 0 Å². The molecule has 3 heterocycles. The second-order valence-corrected chi connectivity index (χ2v) is 8.79. The molecule has 4 rings (SSSR count). The molecule has 8 nitrogen and oxygen atoms in total. The maximum atomic E-state index is 14.2. The van der Waals surface area contributed by atoms with Crippen molar-refractivity contribution in [1.82, 2.24) is 14.8 Å². The van der Waals surface area contributed by atoms with Crippen LogP contribution in [0.25, 0.3) is 0 Å². The van der Waals surface area contributed by atoms with Gasteiger partial charge in [0.15, 0.2) is 11.4 Å². The van der Waals surface area contributed by atoms with Crippen molar-refractivity contribution in [2.45, 2.75) is 45.1 Å². The summed E-state index contributed by atoms with van der Waals surface area (Å²) in [7, 11) is 1.20. The molecule has 1 aromatic carbocycles. The third kappa shape index (κ3) is 4.52. The van der Waals surface area contributed by atoms with E-state index in [9.17, 15) is 27.6 Å². The van der Waals surface area contributed by atoms with Crippen LogP contribution in [0, 0.1) is 18.6 Å². The van der Waals surface area contributed by atoms with E-state index in [4.69, 9.17) is 9.47 Å². The third-order valence-electron chi connectivity index (χ3n) is 6.31. The number of carbonyl (C=O) groups excluding carboxylic acids is 2. The van der Waals surface area contributed by atoms with Gasteiger partial charge in [0.2, 0.25) is 5.43 Å². The van der Waals surface area contributed by atoms with Crippen molar-refractivity contribution >= 4 is 11.8 Å². The molecule has 0 aliphatic carbocycles. The van der Waals surface area contributed by atoms with E-state index in [1.54, 1.807) is 0 Å². The molecule has 0 spiro atoms. The summed E-state index contributed by atoms with van der Waals surface area (Å²) in [6, 6.07) is 1.40. The quantitative estimate of drug-likeness (QED) is 0.668. The average Bonchev–Trinajstić information content (AvgIpc) is 2.80. The normalized spacial score (nSPS) is 20.2. The van der Waals surface area contributed by atoms with Gasteiger partial charge >= 0.3 is 0 Å². The van der Waals surface area contributed by atoms with Gasteiger partial charge in [-0.3, -0.25) is 14.4 Å². The predicted octanol–water partition coefficient (Wildman–Crippen LogP) is 2.52. The van der Waals surface area contributed by atoms with Gasteiger partial charge in [-0.25, -0.2) is 13.2 Å². The highest BCUT2D eigenvalue weighted by molar-refractivity contribution is 5.99. The number of nitrogens with zero attached hydrogens (tertiary/aromatic N) is 2. The molecule has 2 aliphatic rings. The monoisotopic (exact) mass is 493 g/mol. The van der Waals surface area contributed by atoms with Crippen molar-refractivity contribution in [3.05, 3.63) is 62.6 Å². The summed E-state index contributed by atoms with van der Waals surface area (Å²) < 4.78 is 54.5. The number of methoxy groups -OCH3 is 1. The summed E-state index contributed by atoms with van der Waals surface area (Å²) in [4.78, 5) is 40.7. The fourth-order valence-electron chi connectivity index (χ4n) is 4.70. The molecule has 2 amide bonds. The van der Waals surface area contributed by atoms with Crippen LogP contribution in [0.15, 0.2) is 23.1 Å². The van der Waals surface area contributed by atoms with Gasteiger partial charge in [-0.15, -0.1) is 0 Å². The summed E-state index contributed by atoms with van der Waals surface area (Å²) in [6.45, 7) is 2.74. The van der Waals surface area contributed by atoms with E-state index < -0.39 is 47.6 Å². The maximum Gasteiger partial charge on any atom is 0.275 e. The lowest BCUT2D eigenvalue weighted by Crippen LogP contribution is -2.57. The van der Waals surface area contributed by atoms with Crippen LogP contribution >= 0.6 is 0 Å². The largest absolute Gasteiger partial charge is 0.491 e. The number of amides is 2. The molecule has 1 N–H and O–H groups in total. The summed E-state index contributed by atoms with van der Waals surface area (Å²) in [6.07, 6.45) is 0.405. The number of fused-ring (bicyclic) bond motifs is 3. The fraction of sp³-hybridized carbons (Fsp3) is 0.458. The molecular weight excluding hydrogens is 467 g/mol. The van der Waals surface area contributed by atoms with Crippen molar-refractivity contribution in [3.8, 4) is 5.75 Å². The number of hydrogen-bond acceptors (Lipinski definition) is 5. The van der Waals surface area contributed by atoms with E-state index in [-0.39, 0.29) is 41.8 Å². The van der Waals surface area contributed by atoms with Gasteiger partial charge in [0.1, 0.15) is 23.4 Å². The number of alkyl halides is 1. The Balaban J connectivity index is 1.73. The van der Waals surface area contributed by atoms with Crippen molar-refractivity contribution in [3.63, 3.8) is 0 Å². The van der Waals surface area contributed by atoms with Crippen LogP contribution in [-0.4, -0.2) is 60.4 Å². The zero-order chi connectivity index (χ0) is 25.4. The highest BCUT2D eigenvalue weighted by Crippen LogP contribution is 2.35. The highest BCUT2D eigenvalue weighted by Gasteiger charge is 2.44. The maximum absolute atomic E-state index is 14.2. The Bertz CT molecular complexity index is 1210. The topological polar surface area (TPSA) is 89.9 Å². The van der Waals surface area contributed by atoms with E-state index in [0.717, 1.165) is 12.1 Å². The molecule has 0 bridgehead atoms. The van der Waals surface area contributed by atoms with Crippen LogP contribution < -0.4 is 15.5 Å². The van der Waals surface area contributed by atoms with Gasteiger partial charge < -0.3 is 24.3 Å². The van der Waals surface area contributed by atoms with Crippen LogP contribution in [0.4, 0.5) is 13.2 Å². The van der Waals surface area contributed by atoms with Crippen LogP contribution in [0.3, 0.4) is 0 Å². The number of ether oxygens (including phenoxy) is 2. The van der Waals surface area contributed by atoms with Crippen molar-refractivity contribution in [2.75, 3.05) is 26.9 Å². The number of hydrogen-bond donors (Lipinski definition) is 1. The zero-order valence-corrected chi connectivity index (χ0v) is 19.6. The standard InChI is InChI=1S/C24H26F3N3O5/c1-12-6-16(26)14(17(27)7-12)8-28-23(32)15-10-29-18-4-5-35-11-19(18)30(9-13(2)25)24(33)20(29)22(34-3)21(15)31/h6-7,10,13,18-19H,4-5,8-9,11H2,1-3H3,(H,28,32)/t13?,18-,19+/m0/s1. The van der Waals surface area contributed by atoms with Crippen LogP contribution in [0.2, 0.25) is 0 Å². The Morgan fingerprint density at radius 1 is 1.26 bits per heavy atom. The minimum atomic E-state index is -1.31. The van der Waals surface area contributed by atoms with Crippen LogP contribution in [-0.2, 0) is 11.3 Å². The number of nitrogens with one attached hydrogen (secondary N) is 1. The number of aryl methyl sites for hydroxylation is 1. The van der Waals surface area contributed by atoms with E-state index in [1.165, 1.54) is 36.6 Å². The number of rotatable bonds is 6. The Kier molecular flexibility index (Phi) is 6.88. The summed E-state index contributed by atoms with van der Waals surface area (Å²) >= 11 is 0. The first-order valence-electron chi connectivity index (χ1n) is 11.2. The zero-order valence-electron chi connectivity index (χ0n) is 19.6. The number of carbonyl (C=O) groups is 2. The van der Waals surface area contributed by atoms with Crippen LogP contribution in [0.5, 0.6) is 5.75 Å². The van der Waals surface area contributed by atoms with Crippen molar-refractivity contribution in [2.24, 2.45) is 0 Å². The smallest absolute Gasteiger partial charge is 0.275 e. The highest BCUT2D eigenvalue weighted by atomic mass is 19.1. The Morgan fingerprint density at radius 3 is 2.57 bits per heavy atom. The lowest BCUT2D eigenvalue weighted by atomic mass is 9.95. The third-order valence-corrected chi connectivity index (χ3v) is 6.31. The van der Waals surface area contributed by atoms with Gasteiger partial charge in [0.05, 0.1) is 32.3 Å². The molecule has 2 aliphatic heterocycles. The fourth-order valence-corrected chi connectivity index (χ4v) is 4.70. The summed E-state index contributed by atoms with van der Waals surface area (Å²) in [5.74, 6) is -3.47. The molecular formula is C24H26F3N3O5. The SMILES string of the molecule is COc1c2n(cc(C(=O)NCc3c(F)cc(C)cc3F)c1=O)[C@H]1CCOC[C@H]1N(CC(C)F)C2=O. The molecule has 1 saturated heterocycles. The Hall–Kier alpha value is -3.34. The molecule has 0 radical (unpaired) electrons. The van der Waals surface area contributed by atoms with Crippen molar-refractivity contribution < 1.29 is 32.2 Å². The summed E-state index contributed by atoms with van der Waals surface area (Å²) in [5.41, 5.74) is -1.23. The molecule has 1 fully saturated rings. The van der Waals surface area contributed by atoms with Crippen LogP contribution in [0.1, 0.15) is 51.4 Å². The second kappa shape index (κ2) is 9.73. The molecule has 1 aromatic heterocycles. The first-order chi connectivity index (χ1) is 16.6. The van der Waals surface area contributed by atoms with E-state index in [2.05, 4.69) is 5.32 Å². The lowest BCUT2D eigenvalue weighted by molar-refractivity contribution is -0.0238. The average molecular weight is 493 g/mol. The van der Waals surface area contributed by atoms with E-state index in [1.807, 2.05) is 0 Å². The van der Waals surface area contributed by atoms with Gasteiger partial charge in [-0.05, 0) is 38.0 Å². The Labute approximate surface area is 199 Å². The van der Waals surface area contributed by atoms with E-state index in [0.29, 0.717) is 18.6 Å². The first-order valence-corrected chi connectivity index (χ1v) is 11.2. The number of pyridine rings is 1. The van der Waals surface area contributed by atoms with Gasteiger partial charge in [-0.1, -0.05) is 0 Å². The number of aromatic nitrogens is 1. The lowest BCUT2D eigenvalue weighted by Gasteiger charge is -2.46. The van der Waals surface area contributed by atoms with Crippen molar-refractivity contribution in [1.29, 1.82) is 0 Å². The molecule has 35 heavy (non-hydrogen) atoms. The summed E-state index contributed by atoms with van der Waals surface area (Å²) in [5, 5.41) is 2.38. The predicted molar refractivity (Wildman–Crippen MR) is 119 cm³/mol. The van der Waals surface area contributed by atoms with Gasteiger partial charge in [0.25, 0.3) is 11.8 Å². The second-order valence-electron chi connectivity index (χ2n) is 8.79.